The van der Waals surface area contributed by atoms with Crippen molar-refractivity contribution in [1.29, 1.82) is 0 Å². The van der Waals surface area contributed by atoms with Crippen molar-refractivity contribution in [3.63, 3.8) is 0 Å². The molecule has 0 spiro atoms. The van der Waals surface area contributed by atoms with Gasteiger partial charge in [0.1, 0.15) is 5.78 Å². The van der Waals surface area contributed by atoms with Crippen molar-refractivity contribution in [3.05, 3.63) is 0 Å². The Labute approximate surface area is 169 Å². The maximum atomic E-state index is 12.9. The zero-order chi connectivity index (χ0) is 19.2. The Morgan fingerprint density at radius 2 is 1.74 bits per heavy atom. The van der Waals surface area contributed by atoms with Gasteiger partial charge in [0.05, 0.1) is 18.5 Å². The van der Waals surface area contributed by atoms with E-state index >= 15 is 0 Å². The number of carbonyl (C=O) groups excluding carboxylic acids is 1. The van der Waals surface area contributed by atoms with Crippen LogP contribution in [-0.2, 0) is 4.79 Å². The summed E-state index contributed by atoms with van der Waals surface area (Å²) in [6.45, 7) is 5.13. The lowest BCUT2D eigenvalue weighted by molar-refractivity contribution is -0.138. The molecule has 0 bridgehead atoms. The molecule has 4 heteroatoms. The van der Waals surface area contributed by atoms with Crippen LogP contribution in [0.5, 0.6) is 0 Å². The number of hydrogen-bond acceptors (Lipinski definition) is 4. The van der Waals surface area contributed by atoms with Gasteiger partial charge < -0.3 is 10.2 Å². The Kier molecular flexibility index (Phi) is 5.73. The Hall–Kier alpha value is -0.0600. The van der Waals surface area contributed by atoms with E-state index in [1.54, 1.807) is 11.8 Å². The smallest absolute Gasteiger partial charge is 0.146 e. The summed E-state index contributed by atoms with van der Waals surface area (Å²) in [5.74, 6) is 4.97. The molecule has 0 aromatic heterocycles. The molecule has 0 radical (unpaired) electrons. The molecule has 27 heavy (non-hydrogen) atoms. The molecular weight excluding hydrogens is 356 g/mol. The summed E-state index contributed by atoms with van der Waals surface area (Å²) in [5, 5.41) is 19.2. The first kappa shape index (κ1) is 20.2. The molecule has 3 nitrogen and oxygen atoms in total. The molecule has 0 unspecified atom stereocenters. The molecule has 4 aliphatic carbocycles. The molecule has 8 atom stereocenters. The summed E-state index contributed by atoms with van der Waals surface area (Å²) in [6.07, 6.45) is 10.6. The summed E-state index contributed by atoms with van der Waals surface area (Å²) in [5.41, 5.74) is 0.623. The van der Waals surface area contributed by atoms with E-state index in [-0.39, 0.29) is 24.0 Å². The van der Waals surface area contributed by atoms with Crippen LogP contribution < -0.4 is 0 Å². The van der Waals surface area contributed by atoms with E-state index in [4.69, 9.17) is 5.11 Å². The molecule has 4 fully saturated rings. The first-order valence-corrected chi connectivity index (χ1v) is 12.4. The van der Waals surface area contributed by atoms with Gasteiger partial charge in [-0.25, -0.2) is 0 Å². The molecule has 4 aliphatic rings. The average molecular weight is 395 g/mol. The molecular formula is C23H38O3S. The van der Waals surface area contributed by atoms with Gasteiger partial charge in [0.15, 0.2) is 0 Å². The summed E-state index contributed by atoms with van der Waals surface area (Å²) in [7, 11) is 0. The van der Waals surface area contributed by atoms with E-state index in [0.717, 1.165) is 37.0 Å². The number of aliphatic hydroxyl groups is 2. The number of ketones is 1. The van der Waals surface area contributed by atoms with Crippen LogP contribution in [0.1, 0.15) is 71.6 Å². The monoisotopic (exact) mass is 394 g/mol. The third-order valence-electron chi connectivity index (χ3n) is 9.51. The van der Waals surface area contributed by atoms with E-state index in [2.05, 4.69) is 13.8 Å². The fourth-order valence-corrected chi connectivity index (χ4v) is 8.78. The summed E-state index contributed by atoms with van der Waals surface area (Å²) in [6, 6.07) is 0. The number of fused-ring (bicyclic) bond motifs is 5. The third-order valence-corrected chi connectivity index (χ3v) is 10.5. The first-order chi connectivity index (χ1) is 12.9. The highest BCUT2D eigenvalue weighted by Gasteiger charge is 2.60. The predicted molar refractivity (Wildman–Crippen MR) is 111 cm³/mol. The zero-order valence-electron chi connectivity index (χ0n) is 17.2. The first-order valence-electron chi connectivity index (χ1n) is 11.3. The topological polar surface area (TPSA) is 57.5 Å². The van der Waals surface area contributed by atoms with Crippen LogP contribution in [0.4, 0.5) is 0 Å². The van der Waals surface area contributed by atoms with Crippen LogP contribution in [0.3, 0.4) is 0 Å². The molecule has 0 aliphatic heterocycles. The zero-order valence-corrected chi connectivity index (χ0v) is 18.0. The second kappa shape index (κ2) is 7.65. The van der Waals surface area contributed by atoms with Crippen molar-refractivity contribution in [2.24, 2.45) is 40.4 Å². The van der Waals surface area contributed by atoms with Crippen molar-refractivity contribution >= 4 is 17.5 Å². The standard InChI is InChI=1S/C23H38O3S/c1-22-9-7-16(25)13-15(22)3-4-17-18-5-6-20(21(26)14-27-12-11-24)23(18,2)10-8-19(17)22/h15-20,24-25H,3-14H2,1-2H3/t15-,16-,17+,18+,19+,20-,22+,23+/m1/s1. The van der Waals surface area contributed by atoms with Gasteiger partial charge in [-0.3, -0.25) is 4.79 Å². The molecule has 0 saturated heterocycles. The SMILES string of the molecule is C[C@]12CC[C@@H](O)C[C@H]1CC[C@@H]1[C@@H]2CC[C@]2(C)[C@@H](C(=O)CSCCO)CC[C@@H]12. The minimum absolute atomic E-state index is 0.0709. The molecule has 0 aromatic carbocycles. The van der Waals surface area contributed by atoms with Gasteiger partial charge in [-0.2, -0.15) is 11.8 Å². The number of Topliss-reactive ketones (excluding diaryl/α,β-unsaturated/α-hetero) is 1. The quantitative estimate of drug-likeness (QED) is 0.683. The van der Waals surface area contributed by atoms with E-state index in [1.807, 2.05) is 0 Å². The minimum atomic E-state index is -0.0709. The van der Waals surface area contributed by atoms with Crippen molar-refractivity contribution in [2.45, 2.75) is 77.7 Å². The summed E-state index contributed by atoms with van der Waals surface area (Å²) in [4.78, 5) is 12.9. The van der Waals surface area contributed by atoms with E-state index in [0.29, 0.717) is 28.6 Å². The number of thioether (sulfide) groups is 1. The molecule has 0 aromatic rings. The third kappa shape index (κ3) is 3.32. The molecule has 2 N–H and O–H groups in total. The maximum Gasteiger partial charge on any atom is 0.146 e. The van der Waals surface area contributed by atoms with Crippen molar-refractivity contribution in [1.82, 2.24) is 0 Å². The van der Waals surface area contributed by atoms with Gasteiger partial charge in [0.25, 0.3) is 0 Å². The normalized spacial score (nSPS) is 49.2. The second-order valence-corrected chi connectivity index (χ2v) is 11.6. The Morgan fingerprint density at radius 3 is 2.52 bits per heavy atom. The second-order valence-electron chi connectivity index (χ2n) is 10.5. The van der Waals surface area contributed by atoms with Crippen molar-refractivity contribution < 1.29 is 15.0 Å². The summed E-state index contributed by atoms with van der Waals surface area (Å²) < 4.78 is 0. The molecule has 4 rings (SSSR count). The van der Waals surface area contributed by atoms with Crippen LogP contribution in [0.15, 0.2) is 0 Å². The van der Waals surface area contributed by atoms with Crippen LogP contribution >= 0.6 is 11.8 Å². The lowest BCUT2D eigenvalue weighted by atomic mass is 9.44. The van der Waals surface area contributed by atoms with Gasteiger partial charge in [0.2, 0.25) is 0 Å². The van der Waals surface area contributed by atoms with E-state index < -0.39 is 0 Å². The maximum absolute atomic E-state index is 12.9. The van der Waals surface area contributed by atoms with E-state index in [1.165, 1.54) is 38.5 Å². The predicted octanol–water partition coefficient (Wildman–Crippen LogP) is 4.30. The molecule has 0 amide bonds. The lowest BCUT2D eigenvalue weighted by Gasteiger charge is -2.60. The number of carbonyl (C=O) groups is 1. The average Bonchev–Trinajstić information content (AvgIpc) is 3.00. The van der Waals surface area contributed by atoms with Gasteiger partial charge >= 0.3 is 0 Å². The van der Waals surface area contributed by atoms with Crippen LogP contribution in [0, 0.1) is 40.4 Å². The fraction of sp³-hybridized carbons (Fsp3) is 0.957. The highest BCUT2D eigenvalue weighted by molar-refractivity contribution is 7.99. The van der Waals surface area contributed by atoms with Crippen LogP contribution in [-0.4, -0.2) is 40.2 Å². The number of hydrogen-bond donors (Lipinski definition) is 2. The van der Waals surface area contributed by atoms with Crippen LogP contribution in [0.25, 0.3) is 0 Å². The molecule has 154 valence electrons. The largest absolute Gasteiger partial charge is 0.396 e. The molecule has 4 saturated carbocycles. The van der Waals surface area contributed by atoms with Gasteiger partial charge in [-0.1, -0.05) is 13.8 Å². The fourth-order valence-electron chi connectivity index (χ4n) is 8.10. The molecule has 0 heterocycles. The van der Waals surface area contributed by atoms with Crippen LogP contribution in [0.2, 0.25) is 0 Å². The summed E-state index contributed by atoms with van der Waals surface area (Å²) >= 11 is 1.60. The Balaban J connectivity index is 1.49. The van der Waals surface area contributed by atoms with E-state index in [9.17, 15) is 9.90 Å². The highest BCUT2D eigenvalue weighted by atomic mass is 32.2. The van der Waals surface area contributed by atoms with Crippen molar-refractivity contribution in [2.75, 3.05) is 18.1 Å². The minimum Gasteiger partial charge on any atom is -0.396 e. The van der Waals surface area contributed by atoms with Gasteiger partial charge in [-0.05, 0) is 92.3 Å². The highest BCUT2D eigenvalue weighted by Crippen LogP contribution is 2.67. The lowest BCUT2D eigenvalue weighted by Crippen LogP contribution is -2.54. The Morgan fingerprint density at radius 1 is 1.00 bits per heavy atom. The van der Waals surface area contributed by atoms with Gasteiger partial charge in [0, 0.05) is 11.7 Å². The number of rotatable bonds is 5. The van der Waals surface area contributed by atoms with Crippen molar-refractivity contribution in [3.8, 4) is 0 Å². The van der Waals surface area contributed by atoms with Gasteiger partial charge in [-0.15, -0.1) is 0 Å². The number of aliphatic hydroxyl groups excluding tert-OH is 2. The Bertz CT molecular complexity index is 566.